The van der Waals surface area contributed by atoms with Crippen LogP contribution in [0.4, 0.5) is 0 Å². The second-order valence-corrected chi connectivity index (χ2v) is 5.88. The van der Waals surface area contributed by atoms with E-state index in [1.54, 1.807) is 13.8 Å². The normalized spacial score (nSPS) is 11.6. The van der Waals surface area contributed by atoms with Crippen LogP contribution < -0.4 is 0 Å². The molecule has 0 atom stereocenters. The number of rotatable bonds is 8. The van der Waals surface area contributed by atoms with Crippen molar-refractivity contribution in [2.45, 2.75) is 26.6 Å². The fraction of sp³-hybridized carbons (Fsp3) is 0.583. The summed E-state index contributed by atoms with van der Waals surface area (Å²) in [6.45, 7) is 3.45. The Morgan fingerprint density at radius 2 is 1.95 bits per heavy atom. The number of aliphatic hydroxyl groups excluding tert-OH is 1. The van der Waals surface area contributed by atoms with E-state index in [0.29, 0.717) is 5.56 Å². The molecule has 1 aromatic rings. The SMILES string of the molecule is CCOP(=O)(Cc1cc(CO)oc1C(=O)OC)OCC. The molecular weight excluding hydrogens is 287 g/mol. The lowest BCUT2D eigenvalue weighted by Crippen LogP contribution is -2.05. The third kappa shape index (κ3) is 4.18. The molecule has 0 saturated carbocycles. The van der Waals surface area contributed by atoms with Crippen LogP contribution in [0.1, 0.15) is 35.7 Å². The Kier molecular flexibility index (Phi) is 6.42. The lowest BCUT2D eigenvalue weighted by Gasteiger charge is -2.16. The van der Waals surface area contributed by atoms with Gasteiger partial charge in [-0.1, -0.05) is 0 Å². The van der Waals surface area contributed by atoms with Gasteiger partial charge in [0.15, 0.2) is 0 Å². The van der Waals surface area contributed by atoms with Gasteiger partial charge in [0.1, 0.15) is 12.4 Å². The molecule has 20 heavy (non-hydrogen) atoms. The fourth-order valence-corrected chi connectivity index (χ4v) is 3.37. The summed E-state index contributed by atoms with van der Waals surface area (Å²) in [4.78, 5) is 11.6. The number of methoxy groups -OCH3 is 1. The van der Waals surface area contributed by atoms with Crippen LogP contribution >= 0.6 is 7.60 Å². The minimum Gasteiger partial charge on any atom is -0.463 e. The Morgan fingerprint density at radius 1 is 1.35 bits per heavy atom. The highest BCUT2D eigenvalue weighted by atomic mass is 31.2. The van der Waals surface area contributed by atoms with Crippen LogP contribution in [0.3, 0.4) is 0 Å². The molecular formula is C12H19O7P. The van der Waals surface area contributed by atoms with Crippen LogP contribution in [0.5, 0.6) is 0 Å². The van der Waals surface area contributed by atoms with Gasteiger partial charge < -0.3 is 23.3 Å². The summed E-state index contributed by atoms with van der Waals surface area (Å²) in [6, 6.07) is 1.44. The molecule has 0 amide bonds. The van der Waals surface area contributed by atoms with Crippen molar-refractivity contribution in [2.24, 2.45) is 0 Å². The van der Waals surface area contributed by atoms with Crippen LogP contribution in [0, 0.1) is 0 Å². The summed E-state index contributed by atoms with van der Waals surface area (Å²) in [5.74, 6) is -0.629. The molecule has 1 heterocycles. The van der Waals surface area contributed by atoms with E-state index >= 15 is 0 Å². The number of hydrogen-bond donors (Lipinski definition) is 1. The second-order valence-electron chi connectivity index (χ2n) is 3.82. The van der Waals surface area contributed by atoms with Gasteiger partial charge in [0.05, 0.1) is 26.5 Å². The van der Waals surface area contributed by atoms with Gasteiger partial charge >= 0.3 is 13.6 Å². The summed E-state index contributed by atoms with van der Waals surface area (Å²) in [7, 11) is -2.16. The molecule has 8 heteroatoms. The molecule has 0 aliphatic carbocycles. The predicted octanol–water partition coefficient (Wildman–Crippen LogP) is 2.32. The van der Waals surface area contributed by atoms with Gasteiger partial charge in [0.25, 0.3) is 0 Å². The molecule has 0 fully saturated rings. The molecule has 0 spiro atoms. The summed E-state index contributed by atoms with van der Waals surface area (Å²) in [5, 5.41) is 9.06. The molecule has 7 nitrogen and oxygen atoms in total. The first-order valence-corrected chi connectivity index (χ1v) is 7.91. The summed E-state index contributed by atoms with van der Waals surface area (Å²) >= 11 is 0. The number of esters is 1. The average Bonchev–Trinajstić information content (AvgIpc) is 2.81. The zero-order valence-electron chi connectivity index (χ0n) is 11.7. The van der Waals surface area contributed by atoms with E-state index in [1.165, 1.54) is 13.2 Å². The Bertz CT molecular complexity index is 484. The van der Waals surface area contributed by atoms with Crippen LogP contribution in [-0.2, 0) is 31.1 Å². The van der Waals surface area contributed by atoms with Gasteiger partial charge in [-0.15, -0.1) is 0 Å². The Morgan fingerprint density at radius 3 is 2.40 bits per heavy atom. The first-order valence-electron chi connectivity index (χ1n) is 6.18. The number of ether oxygens (including phenoxy) is 1. The highest BCUT2D eigenvalue weighted by Gasteiger charge is 2.29. The van der Waals surface area contributed by atoms with Crippen LogP contribution in [-0.4, -0.2) is 31.4 Å². The molecule has 0 aromatic carbocycles. The van der Waals surface area contributed by atoms with Gasteiger partial charge in [0.2, 0.25) is 5.76 Å². The van der Waals surface area contributed by atoms with E-state index in [4.69, 9.17) is 18.6 Å². The van der Waals surface area contributed by atoms with E-state index in [9.17, 15) is 9.36 Å². The number of carbonyl (C=O) groups is 1. The molecule has 114 valence electrons. The summed E-state index contributed by atoms with van der Waals surface area (Å²) in [5.41, 5.74) is 0.325. The van der Waals surface area contributed by atoms with Crippen molar-refractivity contribution in [3.05, 3.63) is 23.2 Å². The Labute approximate surface area is 117 Å². The molecule has 0 aliphatic heterocycles. The maximum absolute atomic E-state index is 12.4. The smallest absolute Gasteiger partial charge is 0.374 e. The molecule has 1 rings (SSSR count). The van der Waals surface area contributed by atoms with E-state index in [2.05, 4.69) is 4.74 Å². The third-order valence-corrected chi connectivity index (χ3v) is 4.43. The largest absolute Gasteiger partial charge is 0.463 e. The highest BCUT2D eigenvalue weighted by Crippen LogP contribution is 2.52. The van der Waals surface area contributed by atoms with Crippen molar-refractivity contribution in [1.82, 2.24) is 0 Å². The minimum atomic E-state index is -3.36. The molecule has 1 aromatic heterocycles. The van der Waals surface area contributed by atoms with Crippen molar-refractivity contribution in [3.8, 4) is 0 Å². The highest BCUT2D eigenvalue weighted by molar-refractivity contribution is 7.53. The topological polar surface area (TPSA) is 95.2 Å². The first-order chi connectivity index (χ1) is 9.49. The van der Waals surface area contributed by atoms with Crippen LogP contribution in [0.2, 0.25) is 0 Å². The number of carbonyl (C=O) groups excluding carboxylic acids is 1. The second kappa shape index (κ2) is 7.59. The molecule has 0 unspecified atom stereocenters. The Hall–Kier alpha value is -1.14. The van der Waals surface area contributed by atoms with E-state index in [-0.39, 0.29) is 37.5 Å². The van der Waals surface area contributed by atoms with Crippen molar-refractivity contribution in [2.75, 3.05) is 20.3 Å². The fourth-order valence-electron chi connectivity index (χ4n) is 1.68. The van der Waals surface area contributed by atoms with Crippen LogP contribution in [0.25, 0.3) is 0 Å². The van der Waals surface area contributed by atoms with Crippen LogP contribution in [0.15, 0.2) is 10.5 Å². The zero-order chi connectivity index (χ0) is 15.2. The summed E-state index contributed by atoms with van der Waals surface area (Å²) in [6.07, 6.45) is -0.122. The van der Waals surface area contributed by atoms with Crippen molar-refractivity contribution < 1.29 is 32.7 Å². The van der Waals surface area contributed by atoms with Gasteiger partial charge in [-0.25, -0.2) is 4.79 Å². The van der Waals surface area contributed by atoms with Crippen molar-refractivity contribution >= 4 is 13.6 Å². The molecule has 0 radical (unpaired) electrons. The summed E-state index contributed by atoms with van der Waals surface area (Å²) < 4.78 is 32.5. The maximum atomic E-state index is 12.4. The molecule has 0 aliphatic rings. The number of hydrogen-bond acceptors (Lipinski definition) is 7. The first kappa shape index (κ1) is 16.9. The van der Waals surface area contributed by atoms with Gasteiger partial charge in [-0.3, -0.25) is 4.57 Å². The monoisotopic (exact) mass is 306 g/mol. The molecule has 0 saturated heterocycles. The van der Waals surface area contributed by atoms with Gasteiger partial charge in [0, 0.05) is 5.56 Å². The number of aliphatic hydroxyl groups is 1. The van der Waals surface area contributed by atoms with Crippen molar-refractivity contribution in [3.63, 3.8) is 0 Å². The molecule has 1 N–H and O–H groups in total. The standard InChI is InChI=1S/C12H19O7P/c1-4-17-20(15,18-5-2)8-9-6-10(7-13)19-11(9)12(14)16-3/h6,13H,4-5,7-8H2,1-3H3. The van der Waals surface area contributed by atoms with E-state index < -0.39 is 13.6 Å². The lowest BCUT2D eigenvalue weighted by atomic mass is 10.2. The van der Waals surface area contributed by atoms with Gasteiger partial charge in [-0.05, 0) is 19.9 Å². The average molecular weight is 306 g/mol. The maximum Gasteiger partial charge on any atom is 0.374 e. The Balaban J connectivity index is 3.08. The number of furan rings is 1. The lowest BCUT2D eigenvalue weighted by molar-refractivity contribution is 0.0559. The van der Waals surface area contributed by atoms with E-state index in [0.717, 1.165) is 0 Å². The molecule has 0 bridgehead atoms. The minimum absolute atomic E-state index is 0.101. The predicted molar refractivity (Wildman–Crippen MR) is 70.5 cm³/mol. The quantitative estimate of drug-likeness (QED) is 0.581. The van der Waals surface area contributed by atoms with Gasteiger partial charge in [-0.2, -0.15) is 0 Å². The van der Waals surface area contributed by atoms with E-state index in [1.807, 2.05) is 0 Å². The third-order valence-electron chi connectivity index (χ3n) is 2.40. The van der Waals surface area contributed by atoms with Crippen molar-refractivity contribution in [1.29, 1.82) is 0 Å². The zero-order valence-corrected chi connectivity index (χ0v) is 12.6.